The number of aliphatic hydroxyl groups is 1. The Hall–Kier alpha value is -1.79. The molecule has 1 aromatic carbocycles. The van der Waals surface area contributed by atoms with E-state index in [1.165, 1.54) is 25.7 Å². The maximum absolute atomic E-state index is 13.1. The lowest BCUT2D eigenvalue weighted by Gasteiger charge is -2.39. The van der Waals surface area contributed by atoms with E-state index in [0.29, 0.717) is 43.6 Å². The molecule has 1 saturated carbocycles. The summed E-state index contributed by atoms with van der Waals surface area (Å²) in [6.45, 7) is 1.39. The summed E-state index contributed by atoms with van der Waals surface area (Å²) in [5, 5.41) is 14.6. The molecule has 1 aromatic rings. The number of nitrogens with one attached hydrogen (secondary N) is 1. The second-order valence-electron chi connectivity index (χ2n) is 8.08. The van der Waals surface area contributed by atoms with Gasteiger partial charge in [0.1, 0.15) is 0 Å². The fraction of sp³-hybridized carbons (Fsp3) is 0.682. The second-order valence-corrected chi connectivity index (χ2v) is 8.08. The van der Waals surface area contributed by atoms with Gasteiger partial charge in [-0.25, -0.2) is 0 Å². The quantitative estimate of drug-likeness (QED) is 0.701. The molecule has 1 aliphatic carbocycles. The van der Waals surface area contributed by atoms with Crippen molar-refractivity contribution in [2.45, 2.75) is 69.6 Å². The van der Waals surface area contributed by atoms with Gasteiger partial charge in [0.25, 0.3) is 5.91 Å². The normalized spacial score (nSPS) is 24.1. The van der Waals surface area contributed by atoms with E-state index in [4.69, 9.17) is 9.47 Å². The first kappa shape index (κ1) is 20.9. The van der Waals surface area contributed by atoms with Gasteiger partial charge in [0.2, 0.25) is 0 Å². The number of hydrogen-bond donors (Lipinski definition) is 2. The standard InChI is InChI=1S/C22H34N2O4/c1-27-19-12-7-9-17(20(19)28-2)15-24-14-8-13-22(26,21(24)25)16-23-18-10-5-3-4-6-11-18/h7,9,12,18,23,26H,3-6,8,10-11,13-16H2,1-2H3. The van der Waals surface area contributed by atoms with Crippen LogP contribution in [0.2, 0.25) is 0 Å². The van der Waals surface area contributed by atoms with Crippen LogP contribution in [0.3, 0.4) is 0 Å². The van der Waals surface area contributed by atoms with E-state index in [9.17, 15) is 9.90 Å². The highest BCUT2D eigenvalue weighted by molar-refractivity contribution is 5.86. The van der Waals surface area contributed by atoms with Crippen LogP contribution in [0.1, 0.15) is 56.9 Å². The number of nitrogens with zero attached hydrogens (tertiary/aromatic N) is 1. The Morgan fingerprint density at radius 1 is 1.14 bits per heavy atom. The van der Waals surface area contributed by atoms with Crippen molar-refractivity contribution >= 4 is 5.91 Å². The third-order valence-corrected chi connectivity index (χ3v) is 6.09. The Labute approximate surface area is 168 Å². The molecule has 6 nitrogen and oxygen atoms in total. The van der Waals surface area contributed by atoms with Gasteiger partial charge in [-0.1, -0.05) is 37.8 Å². The Morgan fingerprint density at radius 3 is 2.57 bits per heavy atom. The minimum Gasteiger partial charge on any atom is -0.493 e. The molecule has 1 unspecified atom stereocenters. The van der Waals surface area contributed by atoms with Crippen molar-refractivity contribution in [3.05, 3.63) is 23.8 Å². The lowest BCUT2D eigenvalue weighted by molar-refractivity contribution is -0.157. The first-order valence-corrected chi connectivity index (χ1v) is 10.5. The summed E-state index contributed by atoms with van der Waals surface area (Å²) < 4.78 is 10.9. The molecule has 1 atom stereocenters. The highest BCUT2D eigenvalue weighted by Gasteiger charge is 2.42. The SMILES string of the molecule is COc1cccc(CN2CCCC(O)(CNC3CCCCCC3)C2=O)c1OC. The van der Waals surface area contributed by atoms with Crippen LogP contribution < -0.4 is 14.8 Å². The van der Waals surface area contributed by atoms with Gasteiger partial charge in [-0.05, 0) is 31.7 Å². The molecule has 1 saturated heterocycles. The lowest BCUT2D eigenvalue weighted by atomic mass is 9.90. The van der Waals surface area contributed by atoms with Gasteiger partial charge in [0, 0.05) is 31.2 Å². The molecule has 0 spiro atoms. The minimum absolute atomic E-state index is 0.190. The molecule has 3 rings (SSSR count). The highest BCUT2D eigenvalue weighted by Crippen LogP contribution is 2.33. The Morgan fingerprint density at radius 2 is 1.89 bits per heavy atom. The van der Waals surface area contributed by atoms with Crippen molar-refractivity contribution < 1.29 is 19.4 Å². The van der Waals surface area contributed by atoms with Crippen molar-refractivity contribution in [3.8, 4) is 11.5 Å². The van der Waals surface area contributed by atoms with Gasteiger partial charge in [0.15, 0.2) is 17.1 Å². The van der Waals surface area contributed by atoms with Gasteiger partial charge < -0.3 is 24.8 Å². The number of hydrogen-bond acceptors (Lipinski definition) is 5. The predicted molar refractivity (Wildman–Crippen MR) is 109 cm³/mol. The molecule has 2 N–H and O–H groups in total. The zero-order valence-corrected chi connectivity index (χ0v) is 17.2. The largest absolute Gasteiger partial charge is 0.493 e. The average Bonchev–Trinajstić information content (AvgIpc) is 2.99. The summed E-state index contributed by atoms with van der Waals surface area (Å²) >= 11 is 0. The van der Waals surface area contributed by atoms with Crippen molar-refractivity contribution in [1.29, 1.82) is 0 Å². The van der Waals surface area contributed by atoms with Crippen LogP contribution in [0, 0.1) is 0 Å². The van der Waals surface area contributed by atoms with Crippen molar-refractivity contribution in [2.75, 3.05) is 27.3 Å². The first-order valence-electron chi connectivity index (χ1n) is 10.5. The third-order valence-electron chi connectivity index (χ3n) is 6.09. The molecule has 0 bridgehead atoms. The number of rotatable bonds is 7. The summed E-state index contributed by atoms with van der Waals surface area (Å²) in [6.07, 6.45) is 8.61. The number of methoxy groups -OCH3 is 2. The highest BCUT2D eigenvalue weighted by atomic mass is 16.5. The zero-order chi connectivity index (χ0) is 20.0. The van der Waals surface area contributed by atoms with Gasteiger partial charge in [-0.2, -0.15) is 0 Å². The van der Waals surface area contributed by atoms with Gasteiger partial charge in [-0.3, -0.25) is 4.79 Å². The predicted octanol–water partition coefficient (Wildman–Crippen LogP) is 2.87. The lowest BCUT2D eigenvalue weighted by Crippen LogP contribution is -2.58. The molecule has 1 aliphatic heterocycles. The molecule has 0 radical (unpaired) electrons. The minimum atomic E-state index is -1.32. The van der Waals surface area contributed by atoms with Crippen molar-refractivity contribution in [2.24, 2.45) is 0 Å². The van der Waals surface area contributed by atoms with E-state index < -0.39 is 5.60 Å². The molecule has 2 fully saturated rings. The number of benzene rings is 1. The topological polar surface area (TPSA) is 71.0 Å². The van der Waals surface area contributed by atoms with Crippen molar-refractivity contribution in [3.63, 3.8) is 0 Å². The third kappa shape index (κ3) is 4.78. The van der Waals surface area contributed by atoms with Crippen LogP contribution in [0.15, 0.2) is 18.2 Å². The number of likely N-dealkylation sites (tertiary alicyclic amines) is 1. The van der Waals surface area contributed by atoms with Crippen molar-refractivity contribution in [1.82, 2.24) is 10.2 Å². The van der Waals surface area contributed by atoms with E-state index in [2.05, 4.69) is 5.32 Å². The fourth-order valence-electron chi connectivity index (χ4n) is 4.46. The number of ether oxygens (including phenoxy) is 2. The molecule has 6 heteroatoms. The van der Waals surface area contributed by atoms with E-state index in [-0.39, 0.29) is 5.91 Å². The van der Waals surface area contributed by atoms with Gasteiger partial charge >= 0.3 is 0 Å². The van der Waals surface area contributed by atoms with E-state index in [0.717, 1.165) is 24.8 Å². The monoisotopic (exact) mass is 390 g/mol. The maximum atomic E-state index is 13.1. The first-order chi connectivity index (χ1) is 13.6. The van der Waals surface area contributed by atoms with E-state index >= 15 is 0 Å². The average molecular weight is 391 g/mol. The molecule has 2 aliphatic rings. The summed E-state index contributed by atoms with van der Waals surface area (Å²) in [4.78, 5) is 14.9. The zero-order valence-electron chi connectivity index (χ0n) is 17.2. The molecule has 1 heterocycles. The number of para-hydroxylation sites is 1. The molecule has 28 heavy (non-hydrogen) atoms. The molecule has 156 valence electrons. The second kappa shape index (κ2) is 9.61. The summed E-state index contributed by atoms with van der Waals surface area (Å²) in [7, 11) is 3.21. The molecule has 1 amide bonds. The number of carbonyl (C=O) groups excluding carboxylic acids is 1. The molecular weight excluding hydrogens is 356 g/mol. The smallest absolute Gasteiger partial charge is 0.256 e. The van der Waals surface area contributed by atoms with Crippen LogP contribution >= 0.6 is 0 Å². The summed E-state index contributed by atoms with van der Waals surface area (Å²) in [6, 6.07) is 6.08. The Bertz CT molecular complexity index is 658. The summed E-state index contributed by atoms with van der Waals surface area (Å²) in [5.74, 6) is 1.10. The van der Waals surface area contributed by atoms with Crippen LogP contribution in [-0.4, -0.2) is 54.9 Å². The molecular formula is C22H34N2O4. The van der Waals surface area contributed by atoms with Crippen LogP contribution in [0.25, 0.3) is 0 Å². The van der Waals surface area contributed by atoms with Crippen LogP contribution in [-0.2, 0) is 11.3 Å². The van der Waals surface area contributed by atoms with Crippen LogP contribution in [0.5, 0.6) is 11.5 Å². The number of carbonyl (C=O) groups is 1. The number of piperidine rings is 1. The Balaban J connectivity index is 1.66. The summed E-state index contributed by atoms with van der Waals surface area (Å²) in [5.41, 5.74) is -0.437. The Kier molecular flexibility index (Phi) is 7.18. The van der Waals surface area contributed by atoms with E-state index in [1.54, 1.807) is 19.1 Å². The maximum Gasteiger partial charge on any atom is 0.256 e. The van der Waals surface area contributed by atoms with E-state index in [1.807, 2.05) is 18.2 Å². The number of amides is 1. The van der Waals surface area contributed by atoms with Gasteiger partial charge in [-0.15, -0.1) is 0 Å². The van der Waals surface area contributed by atoms with Gasteiger partial charge in [0.05, 0.1) is 14.2 Å². The molecule has 0 aromatic heterocycles. The fourth-order valence-corrected chi connectivity index (χ4v) is 4.46. The van der Waals surface area contributed by atoms with Crippen LogP contribution in [0.4, 0.5) is 0 Å².